The number of aromatic nitrogens is 2. The highest BCUT2D eigenvalue weighted by Gasteiger charge is 2.18. The summed E-state index contributed by atoms with van der Waals surface area (Å²) >= 11 is 0. The molecule has 2 unspecified atom stereocenters. The second kappa shape index (κ2) is 6.93. The van der Waals surface area contributed by atoms with E-state index in [2.05, 4.69) is 34.9 Å². The molecule has 0 radical (unpaired) electrons. The average Bonchev–Trinajstić information content (AvgIpc) is 2.82. The van der Waals surface area contributed by atoms with Crippen LogP contribution in [0.25, 0.3) is 0 Å². The van der Waals surface area contributed by atoms with E-state index in [0.29, 0.717) is 0 Å². The minimum atomic E-state index is 0.906. The van der Waals surface area contributed by atoms with Crippen molar-refractivity contribution < 1.29 is 0 Å². The van der Waals surface area contributed by atoms with Crippen molar-refractivity contribution in [1.82, 2.24) is 14.9 Å². The largest absolute Gasteiger partial charge is 0.334 e. The number of nitrogens with zero attached hydrogens (tertiary/aromatic N) is 2. The number of hydrogen-bond acceptors (Lipinski definition) is 2. The predicted octanol–water partition coefficient (Wildman–Crippen LogP) is 3.21. The molecular weight excluding hydrogens is 222 g/mol. The van der Waals surface area contributed by atoms with Crippen molar-refractivity contribution in [2.45, 2.75) is 59.0 Å². The van der Waals surface area contributed by atoms with Crippen LogP contribution >= 0.6 is 0 Å². The Hall–Kier alpha value is -0.830. The van der Waals surface area contributed by atoms with Crippen molar-refractivity contribution >= 4 is 0 Å². The Morgan fingerprint density at radius 3 is 3.11 bits per heavy atom. The molecule has 0 saturated heterocycles. The maximum Gasteiger partial charge on any atom is 0.122 e. The van der Waals surface area contributed by atoms with Crippen LogP contribution in [0.5, 0.6) is 0 Å². The van der Waals surface area contributed by atoms with Gasteiger partial charge in [-0.2, -0.15) is 0 Å². The smallest absolute Gasteiger partial charge is 0.122 e. The van der Waals surface area contributed by atoms with Gasteiger partial charge in [0.15, 0.2) is 0 Å². The van der Waals surface area contributed by atoms with Gasteiger partial charge in [0, 0.05) is 18.9 Å². The lowest BCUT2D eigenvalue weighted by atomic mass is 9.81. The molecule has 0 aliphatic heterocycles. The van der Waals surface area contributed by atoms with E-state index >= 15 is 0 Å². The SMILES string of the molecule is CCn1ccnc1CNCCC1CCCC(C)C1. The highest BCUT2D eigenvalue weighted by atomic mass is 15.1. The minimum Gasteiger partial charge on any atom is -0.334 e. The second-order valence-corrected chi connectivity index (χ2v) is 5.73. The molecule has 1 saturated carbocycles. The summed E-state index contributed by atoms with van der Waals surface area (Å²) in [7, 11) is 0. The standard InChI is InChI=1S/C15H27N3/c1-3-18-10-9-17-15(18)12-16-8-7-14-6-4-5-13(2)11-14/h9-10,13-14,16H,3-8,11-12H2,1-2H3. The average molecular weight is 249 g/mol. The summed E-state index contributed by atoms with van der Waals surface area (Å²) in [4.78, 5) is 4.38. The van der Waals surface area contributed by atoms with Crippen LogP contribution in [0.4, 0.5) is 0 Å². The molecule has 2 rings (SSSR count). The van der Waals surface area contributed by atoms with E-state index in [1.54, 1.807) is 0 Å². The molecular formula is C15H27N3. The van der Waals surface area contributed by atoms with Gasteiger partial charge >= 0.3 is 0 Å². The van der Waals surface area contributed by atoms with Crippen molar-refractivity contribution in [3.8, 4) is 0 Å². The Bertz CT molecular complexity index is 345. The van der Waals surface area contributed by atoms with Crippen molar-refractivity contribution in [3.63, 3.8) is 0 Å². The predicted molar refractivity (Wildman–Crippen MR) is 75.3 cm³/mol. The normalized spacial score (nSPS) is 24.3. The van der Waals surface area contributed by atoms with Crippen LogP contribution in [0.15, 0.2) is 12.4 Å². The first-order valence-electron chi connectivity index (χ1n) is 7.50. The molecule has 3 heteroatoms. The molecule has 0 bridgehead atoms. The minimum absolute atomic E-state index is 0.906. The maximum atomic E-state index is 4.38. The van der Waals surface area contributed by atoms with Gasteiger partial charge in [0.25, 0.3) is 0 Å². The number of imidazole rings is 1. The molecule has 0 amide bonds. The molecule has 2 atom stereocenters. The number of hydrogen-bond donors (Lipinski definition) is 1. The van der Waals surface area contributed by atoms with Crippen LogP contribution in [-0.2, 0) is 13.1 Å². The zero-order valence-electron chi connectivity index (χ0n) is 11.9. The summed E-state index contributed by atoms with van der Waals surface area (Å²) in [6.07, 6.45) is 11.0. The maximum absolute atomic E-state index is 4.38. The van der Waals surface area contributed by atoms with Gasteiger partial charge in [-0.3, -0.25) is 0 Å². The van der Waals surface area contributed by atoms with E-state index in [1.807, 2.05) is 6.20 Å². The summed E-state index contributed by atoms with van der Waals surface area (Å²) in [6, 6.07) is 0. The Balaban J connectivity index is 1.64. The summed E-state index contributed by atoms with van der Waals surface area (Å²) in [5.74, 6) is 3.06. The number of nitrogens with one attached hydrogen (secondary N) is 1. The van der Waals surface area contributed by atoms with E-state index < -0.39 is 0 Å². The Labute approximate surface area is 111 Å². The molecule has 3 nitrogen and oxygen atoms in total. The Kier molecular flexibility index (Phi) is 5.24. The molecule has 1 N–H and O–H groups in total. The van der Waals surface area contributed by atoms with E-state index in [0.717, 1.165) is 37.3 Å². The van der Waals surface area contributed by atoms with Crippen LogP contribution < -0.4 is 5.32 Å². The summed E-state index contributed by atoms with van der Waals surface area (Å²) < 4.78 is 2.20. The third kappa shape index (κ3) is 3.84. The van der Waals surface area contributed by atoms with E-state index in [-0.39, 0.29) is 0 Å². The topological polar surface area (TPSA) is 29.9 Å². The number of rotatable bonds is 6. The molecule has 18 heavy (non-hydrogen) atoms. The van der Waals surface area contributed by atoms with Crippen molar-refractivity contribution in [2.75, 3.05) is 6.54 Å². The number of aryl methyl sites for hydroxylation is 1. The third-order valence-electron chi connectivity index (χ3n) is 4.20. The highest BCUT2D eigenvalue weighted by molar-refractivity contribution is 4.91. The summed E-state index contributed by atoms with van der Waals surface area (Å²) in [6.45, 7) is 7.61. The quantitative estimate of drug-likeness (QED) is 0.785. The van der Waals surface area contributed by atoms with Gasteiger partial charge in [-0.15, -0.1) is 0 Å². The van der Waals surface area contributed by atoms with Crippen molar-refractivity contribution in [1.29, 1.82) is 0 Å². The zero-order chi connectivity index (χ0) is 12.8. The molecule has 1 aromatic heterocycles. The van der Waals surface area contributed by atoms with E-state index in [9.17, 15) is 0 Å². The fourth-order valence-electron chi connectivity index (χ4n) is 3.12. The Morgan fingerprint density at radius 2 is 2.33 bits per heavy atom. The lowest BCUT2D eigenvalue weighted by Crippen LogP contribution is -2.22. The molecule has 102 valence electrons. The molecule has 1 aliphatic carbocycles. The van der Waals surface area contributed by atoms with Gasteiger partial charge < -0.3 is 9.88 Å². The van der Waals surface area contributed by atoms with Crippen LogP contribution in [0.2, 0.25) is 0 Å². The molecule has 1 aliphatic rings. The monoisotopic (exact) mass is 249 g/mol. The first kappa shape index (κ1) is 13.6. The fourth-order valence-corrected chi connectivity index (χ4v) is 3.12. The van der Waals surface area contributed by atoms with Gasteiger partial charge in [-0.25, -0.2) is 4.98 Å². The van der Waals surface area contributed by atoms with Gasteiger partial charge in [0.2, 0.25) is 0 Å². The fraction of sp³-hybridized carbons (Fsp3) is 0.800. The van der Waals surface area contributed by atoms with Crippen molar-refractivity contribution in [3.05, 3.63) is 18.2 Å². The Morgan fingerprint density at radius 1 is 1.44 bits per heavy atom. The molecule has 1 aromatic rings. The van der Waals surface area contributed by atoms with Crippen LogP contribution in [0.3, 0.4) is 0 Å². The van der Waals surface area contributed by atoms with E-state index in [4.69, 9.17) is 0 Å². The van der Waals surface area contributed by atoms with Crippen LogP contribution in [0.1, 0.15) is 51.8 Å². The molecule has 0 spiro atoms. The second-order valence-electron chi connectivity index (χ2n) is 5.73. The molecule has 0 aromatic carbocycles. The van der Waals surface area contributed by atoms with Crippen LogP contribution in [0, 0.1) is 11.8 Å². The third-order valence-corrected chi connectivity index (χ3v) is 4.20. The summed E-state index contributed by atoms with van der Waals surface area (Å²) in [5, 5.41) is 3.54. The van der Waals surface area contributed by atoms with E-state index in [1.165, 1.54) is 32.1 Å². The van der Waals surface area contributed by atoms with Gasteiger partial charge in [0.1, 0.15) is 5.82 Å². The highest BCUT2D eigenvalue weighted by Crippen LogP contribution is 2.30. The van der Waals surface area contributed by atoms with Gasteiger partial charge in [0.05, 0.1) is 6.54 Å². The zero-order valence-corrected chi connectivity index (χ0v) is 11.9. The first-order chi connectivity index (χ1) is 8.79. The lowest BCUT2D eigenvalue weighted by Gasteiger charge is -2.26. The van der Waals surface area contributed by atoms with Crippen LogP contribution in [-0.4, -0.2) is 16.1 Å². The van der Waals surface area contributed by atoms with Gasteiger partial charge in [-0.1, -0.05) is 26.2 Å². The summed E-state index contributed by atoms with van der Waals surface area (Å²) in [5.41, 5.74) is 0. The van der Waals surface area contributed by atoms with Crippen molar-refractivity contribution in [2.24, 2.45) is 11.8 Å². The van der Waals surface area contributed by atoms with Gasteiger partial charge in [-0.05, 0) is 38.1 Å². The molecule has 1 heterocycles. The first-order valence-corrected chi connectivity index (χ1v) is 7.50. The molecule has 1 fully saturated rings. The lowest BCUT2D eigenvalue weighted by molar-refractivity contribution is 0.267.